The highest BCUT2D eigenvalue weighted by Gasteiger charge is 2.12. The average molecular weight is 484 g/mol. The molecule has 0 saturated heterocycles. The number of thioether (sulfide) groups is 1. The number of ketones is 1. The molecule has 0 fully saturated rings. The second-order valence-electron chi connectivity index (χ2n) is 7.71. The largest absolute Gasteiger partial charge is 0.493 e. The van der Waals surface area contributed by atoms with E-state index in [9.17, 15) is 9.59 Å². The molecule has 4 aromatic carbocycles. The van der Waals surface area contributed by atoms with Gasteiger partial charge in [-0.2, -0.15) is 0 Å². The van der Waals surface area contributed by atoms with Gasteiger partial charge in [-0.15, -0.1) is 11.8 Å². The molecule has 4 aromatic rings. The van der Waals surface area contributed by atoms with Gasteiger partial charge in [0, 0.05) is 21.7 Å². The highest BCUT2D eigenvalue weighted by Crippen LogP contribution is 2.28. The van der Waals surface area contributed by atoms with E-state index in [-0.39, 0.29) is 11.7 Å². The molecule has 0 unspecified atom stereocenters. The Morgan fingerprint density at radius 3 is 2.11 bits per heavy atom. The van der Waals surface area contributed by atoms with Crippen molar-refractivity contribution in [2.45, 2.75) is 4.90 Å². The summed E-state index contributed by atoms with van der Waals surface area (Å²) in [4.78, 5) is 26.3. The van der Waals surface area contributed by atoms with Crippen LogP contribution in [0.4, 0.5) is 5.69 Å². The molecule has 0 radical (unpaired) electrons. The summed E-state index contributed by atoms with van der Waals surface area (Å²) in [6, 6.07) is 30.2. The van der Waals surface area contributed by atoms with E-state index in [4.69, 9.17) is 9.47 Å². The number of methoxy groups -OCH3 is 2. The van der Waals surface area contributed by atoms with Gasteiger partial charge in [-0.1, -0.05) is 60.7 Å². The number of carbonyl (C=O) groups is 2. The standard InChI is InChI=1S/C29H25NO4S/c1-33-27-16-15-23(17-28(27)34-2)29(32)30-24-9-6-10-25(18-24)35-19-26(31)22-13-11-21(12-14-22)20-7-4-3-5-8-20/h3-18H,19H2,1-2H3,(H,30,32). The van der Waals surface area contributed by atoms with Crippen LogP contribution in [0.1, 0.15) is 20.7 Å². The van der Waals surface area contributed by atoms with Crippen molar-refractivity contribution in [3.8, 4) is 22.6 Å². The minimum absolute atomic E-state index is 0.0504. The smallest absolute Gasteiger partial charge is 0.255 e. The zero-order valence-corrected chi connectivity index (χ0v) is 20.3. The van der Waals surface area contributed by atoms with Crippen LogP contribution in [0.3, 0.4) is 0 Å². The Hall–Kier alpha value is -4.03. The fourth-order valence-corrected chi connectivity index (χ4v) is 4.41. The van der Waals surface area contributed by atoms with Crippen molar-refractivity contribution in [3.63, 3.8) is 0 Å². The van der Waals surface area contributed by atoms with Crippen LogP contribution < -0.4 is 14.8 Å². The van der Waals surface area contributed by atoms with Gasteiger partial charge in [0.05, 0.1) is 20.0 Å². The summed E-state index contributed by atoms with van der Waals surface area (Å²) in [6.07, 6.45) is 0. The van der Waals surface area contributed by atoms with Gasteiger partial charge in [0.25, 0.3) is 5.91 Å². The Kier molecular flexibility index (Phi) is 7.85. The summed E-state index contributed by atoms with van der Waals surface area (Å²) in [6.45, 7) is 0. The Balaban J connectivity index is 1.37. The summed E-state index contributed by atoms with van der Waals surface area (Å²) in [7, 11) is 3.07. The van der Waals surface area contributed by atoms with Crippen molar-refractivity contribution in [2.75, 3.05) is 25.3 Å². The maximum absolute atomic E-state index is 12.7. The molecule has 0 aliphatic rings. The molecular formula is C29H25NO4S. The Morgan fingerprint density at radius 1 is 0.714 bits per heavy atom. The van der Waals surface area contributed by atoms with Gasteiger partial charge < -0.3 is 14.8 Å². The maximum Gasteiger partial charge on any atom is 0.255 e. The summed E-state index contributed by atoms with van der Waals surface area (Å²) in [5, 5.41) is 2.89. The number of anilines is 1. The molecule has 35 heavy (non-hydrogen) atoms. The van der Waals surface area contributed by atoms with E-state index < -0.39 is 0 Å². The molecular weight excluding hydrogens is 458 g/mol. The molecule has 4 rings (SSSR count). The van der Waals surface area contributed by atoms with E-state index in [1.54, 1.807) is 25.3 Å². The summed E-state index contributed by atoms with van der Waals surface area (Å²) < 4.78 is 10.5. The van der Waals surface area contributed by atoms with Crippen molar-refractivity contribution < 1.29 is 19.1 Å². The van der Waals surface area contributed by atoms with Gasteiger partial charge in [-0.05, 0) is 47.5 Å². The first-order chi connectivity index (χ1) is 17.1. The van der Waals surface area contributed by atoms with Crippen molar-refractivity contribution >= 4 is 29.1 Å². The molecule has 0 heterocycles. The molecule has 0 bridgehead atoms. The molecule has 1 N–H and O–H groups in total. The van der Waals surface area contributed by atoms with E-state index >= 15 is 0 Å². The fourth-order valence-electron chi connectivity index (χ4n) is 3.56. The van der Waals surface area contributed by atoms with Gasteiger partial charge in [0.2, 0.25) is 0 Å². The van der Waals surface area contributed by atoms with Gasteiger partial charge in [0.1, 0.15) is 0 Å². The summed E-state index contributed by atoms with van der Waals surface area (Å²) >= 11 is 1.43. The molecule has 176 valence electrons. The average Bonchev–Trinajstić information content (AvgIpc) is 2.92. The molecule has 0 saturated carbocycles. The van der Waals surface area contributed by atoms with Crippen LogP contribution in [0, 0.1) is 0 Å². The van der Waals surface area contributed by atoms with E-state index in [1.165, 1.54) is 18.9 Å². The number of carbonyl (C=O) groups excluding carboxylic acids is 2. The van der Waals surface area contributed by atoms with Gasteiger partial charge >= 0.3 is 0 Å². The number of amides is 1. The first-order valence-electron chi connectivity index (χ1n) is 11.0. The molecule has 0 spiro atoms. The summed E-state index contributed by atoms with van der Waals surface area (Å²) in [5.41, 5.74) is 3.97. The monoisotopic (exact) mass is 483 g/mol. The quantitative estimate of drug-likeness (QED) is 0.215. The van der Waals surface area contributed by atoms with Gasteiger partial charge in [0.15, 0.2) is 17.3 Å². The van der Waals surface area contributed by atoms with Gasteiger partial charge in [-0.25, -0.2) is 0 Å². The molecule has 0 aliphatic carbocycles. The van der Waals surface area contributed by atoms with E-state index in [2.05, 4.69) is 5.32 Å². The third-order valence-corrected chi connectivity index (χ3v) is 6.42. The number of rotatable bonds is 9. The topological polar surface area (TPSA) is 64.6 Å². The van der Waals surface area contributed by atoms with Crippen LogP contribution in [-0.2, 0) is 0 Å². The fraction of sp³-hybridized carbons (Fsp3) is 0.103. The number of Topliss-reactive ketones (excluding diaryl/α,β-unsaturated/α-hetero) is 1. The number of hydrogen-bond acceptors (Lipinski definition) is 5. The second kappa shape index (κ2) is 11.4. The zero-order chi connectivity index (χ0) is 24.6. The lowest BCUT2D eigenvalue weighted by atomic mass is 10.0. The first-order valence-corrected chi connectivity index (χ1v) is 12.0. The molecule has 0 aliphatic heterocycles. The molecule has 6 heteroatoms. The maximum atomic E-state index is 12.7. The van der Waals surface area contributed by atoms with Crippen molar-refractivity contribution in [1.82, 2.24) is 0 Å². The van der Waals surface area contributed by atoms with E-state index in [1.807, 2.05) is 78.9 Å². The van der Waals surface area contributed by atoms with Crippen molar-refractivity contribution in [2.24, 2.45) is 0 Å². The Labute approximate surface area is 209 Å². The zero-order valence-electron chi connectivity index (χ0n) is 19.5. The highest BCUT2D eigenvalue weighted by atomic mass is 32.2. The predicted molar refractivity (Wildman–Crippen MR) is 141 cm³/mol. The van der Waals surface area contributed by atoms with Crippen molar-refractivity contribution in [1.29, 1.82) is 0 Å². The third kappa shape index (κ3) is 6.11. The highest BCUT2D eigenvalue weighted by molar-refractivity contribution is 8.00. The van der Waals surface area contributed by atoms with E-state index in [0.29, 0.717) is 34.1 Å². The lowest BCUT2D eigenvalue weighted by Crippen LogP contribution is -2.12. The molecule has 5 nitrogen and oxygen atoms in total. The minimum Gasteiger partial charge on any atom is -0.493 e. The van der Waals surface area contributed by atoms with Crippen LogP contribution in [-0.4, -0.2) is 31.7 Å². The minimum atomic E-state index is -0.261. The molecule has 1 amide bonds. The first kappa shape index (κ1) is 24.1. The van der Waals surface area contributed by atoms with Crippen LogP contribution >= 0.6 is 11.8 Å². The van der Waals surface area contributed by atoms with Crippen LogP contribution in [0.15, 0.2) is 102 Å². The summed E-state index contributed by atoms with van der Waals surface area (Å²) in [5.74, 6) is 1.14. The normalized spacial score (nSPS) is 10.5. The van der Waals surface area contributed by atoms with Crippen molar-refractivity contribution in [3.05, 3.63) is 108 Å². The Morgan fingerprint density at radius 2 is 1.40 bits per heavy atom. The number of ether oxygens (including phenoxy) is 2. The van der Waals surface area contributed by atoms with Crippen LogP contribution in [0.5, 0.6) is 11.5 Å². The number of benzene rings is 4. The number of nitrogens with one attached hydrogen (secondary N) is 1. The lowest BCUT2D eigenvalue weighted by Gasteiger charge is -2.11. The van der Waals surface area contributed by atoms with Crippen LogP contribution in [0.25, 0.3) is 11.1 Å². The number of hydrogen-bond donors (Lipinski definition) is 1. The van der Waals surface area contributed by atoms with Gasteiger partial charge in [-0.3, -0.25) is 9.59 Å². The van der Waals surface area contributed by atoms with Crippen LogP contribution in [0.2, 0.25) is 0 Å². The second-order valence-corrected chi connectivity index (χ2v) is 8.76. The SMILES string of the molecule is COc1ccc(C(=O)Nc2cccc(SCC(=O)c3ccc(-c4ccccc4)cc3)c2)cc1OC. The molecule has 0 atom stereocenters. The third-order valence-electron chi connectivity index (χ3n) is 5.42. The Bertz CT molecular complexity index is 1320. The van der Waals surface area contributed by atoms with E-state index in [0.717, 1.165) is 16.0 Å². The predicted octanol–water partition coefficient (Wildman–Crippen LogP) is 6.60. The molecule has 0 aromatic heterocycles. The lowest BCUT2D eigenvalue weighted by molar-refractivity contribution is 0.101.